The number of hydrazone groups is 1. The molecule has 2 rings (SSSR count). The molecule has 2 aromatic carbocycles. The lowest BCUT2D eigenvalue weighted by molar-refractivity contribution is -0.123. The number of benzene rings is 2. The number of nitrogens with zero attached hydrogens (tertiary/aromatic N) is 1. The number of hydrogen-bond donors (Lipinski definition) is 1. The molecule has 0 saturated heterocycles. The van der Waals surface area contributed by atoms with E-state index in [4.69, 9.17) is 9.47 Å². The van der Waals surface area contributed by atoms with Crippen LogP contribution in [0.1, 0.15) is 23.6 Å². The molecule has 0 aliphatic heterocycles. The van der Waals surface area contributed by atoms with Gasteiger partial charge in [-0.15, -0.1) is 0 Å². The summed E-state index contributed by atoms with van der Waals surface area (Å²) >= 11 is 0. The number of ether oxygens (including phenoxy) is 2. The standard InChI is InChI=1S/C20H24N2O3/c1-14-9-10-18(11-15(14)2)25-13-20(23)22-21-16(3)12-17-7-5-6-8-19(17)24-4/h5-11H,12-13H2,1-4H3,(H,22,23)/b21-16-. The van der Waals surface area contributed by atoms with Gasteiger partial charge in [-0.2, -0.15) is 5.10 Å². The Labute approximate surface area is 148 Å². The minimum atomic E-state index is -0.294. The van der Waals surface area contributed by atoms with E-state index < -0.39 is 0 Å². The first-order chi connectivity index (χ1) is 12.0. The van der Waals surface area contributed by atoms with Gasteiger partial charge in [-0.25, -0.2) is 5.43 Å². The first-order valence-corrected chi connectivity index (χ1v) is 8.13. The zero-order chi connectivity index (χ0) is 18.2. The molecule has 2 aromatic rings. The summed E-state index contributed by atoms with van der Waals surface area (Å²) in [6, 6.07) is 13.5. The Balaban J connectivity index is 1.85. The lowest BCUT2D eigenvalue weighted by atomic mass is 10.1. The predicted octanol–water partition coefficient (Wildman–Crippen LogP) is 3.43. The first-order valence-electron chi connectivity index (χ1n) is 8.13. The molecule has 1 N–H and O–H groups in total. The van der Waals surface area contributed by atoms with E-state index in [1.807, 2.05) is 63.2 Å². The second-order valence-corrected chi connectivity index (χ2v) is 5.91. The van der Waals surface area contributed by atoms with Crippen LogP contribution >= 0.6 is 0 Å². The van der Waals surface area contributed by atoms with Gasteiger partial charge in [-0.3, -0.25) is 4.79 Å². The molecule has 0 aliphatic rings. The summed E-state index contributed by atoms with van der Waals surface area (Å²) in [6.07, 6.45) is 0.600. The Morgan fingerprint density at radius 2 is 1.88 bits per heavy atom. The first kappa shape index (κ1) is 18.5. The molecule has 5 heteroatoms. The van der Waals surface area contributed by atoms with E-state index in [2.05, 4.69) is 10.5 Å². The summed E-state index contributed by atoms with van der Waals surface area (Å²) in [7, 11) is 1.64. The minimum Gasteiger partial charge on any atom is -0.496 e. The highest BCUT2D eigenvalue weighted by molar-refractivity contribution is 5.86. The Morgan fingerprint density at radius 3 is 2.60 bits per heavy atom. The minimum absolute atomic E-state index is 0.0755. The molecule has 0 bridgehead atoms. The molecule has 0 spiro atoms. The molecular weight excluding hydrogens is 316 g/mol. The number of methoxy groups -OCH3 is 1. The van der Waals surface area contributed by atoms with E-state index in [1.165, 1.54) is 5.56 Å². The molecule has 25 heavy (non-hydrogen) atoms. The Kier molecular flexibility index (Phi) is 6.57. The molecule has 1 amide bonds. The van der Waals surface area contributed by atoms with Crippen LogP contribution in [0.2, 0.25) is 0 Å². The highest BCUT2D eigenvalue weighted by Gasteiger charge is 2.06. The second kappa shape index (κ2) is 8.87. The number of carbonyl (C=O) groups is 1. The van der Waals surface area contributed by atoms with Crippen LogP contribution in [-0.4, -0.2) is 25.3 Å². The van der Waals surface area contributed by atoms with Crippen molar-refractivity contribution in [3.63, 3.8) is 0 Å². The van der Waals surface area contributed by atoms with Gasteiger partial charge in [0.15, 0.2) is 6.61 Å². The highest BCUT2D eigenvalue weighted by atomic mass is 16.5. The van der Waals surface area contributed by atoms with E-state index in [0.717, 1.165) is 22.6 Å². The maximum Gasteiger partial charge on any atom is 0.277 e. The molecule has 0 atom stereocenters. The van der Waals surface area contributed by atoms with Crippen LogP contribution in [0.4, 0.5) is 0 Å². The molecule has 132 valence electrons. The number of nitrogens with one attached hydrogen (secondary N) is 1. The molecule has 0 saturated carbocycles. The average Bonchev–Trinajstić information content (AvgIpc) is 2.61. The van der Waals surface area contributed by atoms with E-state index in [0.29, 0.717) is 12.2 Å². The summed E-state index contributed by atoms with van der Waals surface area (Å²) in [5.74, 6) is 1.19. The Hall–Kier alpha value is -2.82. The second-order valence-electron chi connectivity index (χ2n) is 5.91. The van der Waals surface area contributed by atoms with Gasteiger partial charge in [0, 0.05) is 12.1 Å². The lowest BCUT2D eigenvalue weighted by Crippen LogP contribution is -2.25. The van der Waals surface area contributed by atoms with Gasteiger partial charge in [-0.05, 0) is 55.7 Å². The summed E-state index contributed by atoms with van der Waals surface area (Å²) in [6.45, 7) is 5.82. The van der Waals surface area contributed by atoms with Gasteiger partial charge < -0.3 is 9.47 Å². The zero-order valence-corrected chi connectivity index (χ0v) is 15.1. The van der Waals surface area contributed by atoms with Crippen LogP contribution in [0.25, 0.3) is 0 Å². The Morgan fingerprint density at radius 1 is 1.12 bits per heavy atom. The summed E-state index contributed by atoms with van der Waals surface area (Å²) in [5.41, 5.74) is 6.64. The number of amides is 1. The van der Waals surface area contributed by atoms with E-state index >= 15 is 0 Å². The van der Waals surface area contributed by atoms with Crippen molar-refractivity contribution in [2.24, 2.45) is 5.10 Å². The molecule has 0 heterocycles. The molecule has 0 aromatic heterocycles. The van der Waals surface area contributed by atoms with Crippen LogP contribution in [0.5, 0.6) is 11.5 Å². The molecule has 0 radical (unpaired) electrons. The normalized spacial score (nSPS) is 11.1. The number of carbonyl (C=O) groups excluding carboxylic acids is 1. The maximum absolute atomic E-state index is 11.9. The largest absolute Gasteiger partial charge is 0.496 e. The summed E-state index contributed by atoms with van der Waals surface area (Å²) in [5, 5.41) is 4.12. The smallest absolute Gasteiger partial charge is 0.277 e. The third kappa shape index (κ3) is 5.64. The average molecular weight is 340 g/mol. The van der Waals surface area contributed by atoms with Crippen LogP contribution in [0.3, 0.4) is 0 Å². The van der Waals surface area contributed by atoms with Crippen LogP contribution in [0.15, 0.2) is 47.6 Å². The van der Waals surface area contributed by atoms with Crippen molar-refractivity contribution in [1.29, 1.82) is 0 Å². The quantitative estimate of drug-likeness (QED) is 0.620. The third-order valence-electron chi connectivity index (χ3n) is 3.86. The number of hydrogen-bond acceptors (Lipinski definition) is 4. The van der Waals surface area contributed by atoms with Crippen LogP contribution in [0, 0.1) is 13.8 Å². The van der Waals surface area contributed by atoms with Crippen molar-refractivity contribution in [3.8, 4) is 11.5 Å². The zero-order valence-electron chi connectivity index (χ0n) is 15.1. The fraction of sp³-hybridized carbons (Fsp3) is 0.300. The monoisotopic (exact) mass is 340 g/mol. The molecule has 5 nitrogen and oxygen atoms in total. The Bertz CT molecular complexity index is 769. The molecule has 0 fully saturated rings. The van der Waals surface area contributed by atoms with Crippen molar-refractivity contribution in [2.75, 3.05) is 13.7 Å². The number of aryl methyl sites for hydroxylation is 2. The van der Waals surface area contributed by atoms with Crippen molar-refractivity contribution >= 4 is 11.6 Å². The van der Waals surface area contributed by atoms with Crippen LogP contribution in [-0.2, 0) is 11.2 Å². The maximum atomic E-state index is 11.9. The summed E-state index contributed by atoms with van der Waals surface area (Å²) < 4.78 is 10.8. The summed E-state index contributed by atoms with van der Waals surface area (Å²) in [4.78, 5) is 11.9. The molecular formula is C20H24N2O3. The predicted molar refractivity (Wildman–Crippen MR) is 99.4 cm³/mol. The lowest BCUT2D eigenvalue weighted by Gasteiger charge is -2.09. The van der Waals surface area contributed by atoms with Crippen molar-refractivity contribution in [2.45, 2.75) is 27.2 Å². The van der Waals surface area contributed by atoms with Gasteiger partial charge in [0.05, 0.1) is 7.11 Å². The van der Waals surface area contributed by atoms with Gasteiger partial charge in [0.25, 0.3) is 5.91 Å². The van der Waals surface area contributed by atoms with Crippen molar-refractivity contribution in [1.82, 2.24) is 5.43 Å². The van der Waals surface area contributed by atoms with Gasteiger partial charge in [0.2, 0.25) is 0 Å². The van der Waals surface area contributed by atoms with E-state index in [9.17, 15) is 4.79 Å². The highest BCUT2D eigenvalue weighted by Crippen LogP contribution is 2.18. The van der Waals surface area contributed by atoms with Crippen molar-refractivity contribution in [3.05, 3.63) is 59.2 Å². The molecule has 0 unspecified atom stereocenters. The SMILES string of the molecule is COc1ccccc1C/C(C)=N\NC(=O)COc1ccc(C)c(C)c1. The van der Waals surface area contributed by atoms with Crippen LogP contribution < -0.4 is 14.9 Å². The topological polar surface area (TPSA) is 59.9 Å². The van der Waals surface area contributed by atoms with Gasteiger partial charge in [-0.1, -0.05) is 24.3 Å². The number of rotatable bonds is 7. The number of para-hydroxylation sites is 1. The van der Waals surface area contributed by atoms with Gasteiger partial charge in [0.1, 0.15) is 11.5 Å². The third-order valence-corrected chi connectivity index (χ3v) is 3.86. The van der Waals surface area contributed by atoms with Crippen molar-refractivity contribution < 1.29 is 14.3 Å². The van der Waals surface area contributed by atoms with E-state index in [-0.39, 0.29) is 12.5 Å². The molecule has 0 aliphatic carbocycles. The van der Waals surface area contributed by atoms with Gasteiger partial charge >= 0.3 is 0 Å². The fourth-order valence-electron chi connectivity index (χ4n) is 2.31. The fourth-order valence-corrected chi connectivity index (χ4v) is 2.31. The van der Waals surface area contributed by atoms with E-state index in [1.54, 1.807) is 7.11 Å².